The van der Waals surface area contributed by atoms with E-state index in [1.807, 2.05) is 37.6 Å². The van der Waals surface area contributed by atoms with Gasteiger partial charge in [0.25, 0.3) is 0 Å². The number of benzene rings is 2. The van der Waals surface area contributed by atoms with Gasteiger partial charge in [-0.3, -0.25) is 0 Å². The molecule has 1 aromatic heterocycles. The third-order valence-electron chi connectivity index (χ3n) is 4.52. The molecular weight excluding hydrogens is 479 g/mol. The zero-order valence-corrected chi connectivity index (χ0v) is 20.8. The van der Waals surface area contributed by atoms with E-state index in [9.17, 15) is 13.7 Å². The molecule has 2 aromatic carbocycles. The Balaban J connectivity index is 2.24. The van der Waals surface area contributed by atoms with Crippen LogP contribution in [-0.4, -0.2) is 35.0 Å². The van der Waals surface area contributed by atoms with Gasteiger partial charge in [-0.05, 0) is 68.1 Å². The Bertz CT molecular complexity index is 1180. The summed E-state index contributed by atoms with van der Waals surface area (Å²) in [6.07, 6.45) is -1.02. The predicted molar refractivity (Wildman–Crippen MR) is 132 cm³/mol. The van der Waals surface area contributed by atoms with Gasteiger partial charge < -0.3 is 24.5 Å². The highest BCUT2D eigenvalue weighted by molar-refractivity contribution is 7.91. The molecule has 7 nitrogen and oxygen atoms in total. The number of carbonyl (C=O) groups is 1. The van der Waals surface area contributed by atoms with Gasteiger partial charge in [-0.15, -0.1) is 0 Å². The van der Waals surface area contributed by atoms with Crippen LogP contribution in [0.15, 0.2) is 57.6 Å². The third kappa shape index (κ3) is 6.35. The molecule has 1 unspecified atom stereocenters. The lowest BCUT2D eigenvalue weighted by Crippen LogP contribution is -2.27. The molecular formula is C24H25FN2O5S2. The molecule has 0 aliphatic heterocycles. The van der Waals surface area contributed by atoms with Crippen molar-refractivity contribution in [1.82, 2.24) is 0 Å². The Kier molecular flexibility index (Phi) is 8.32. The van der Waals surface area contributed by atoms with Crippen molar-refractivity contribution in [3.05, 3.63) is 70.2 Å². The van der Waals surface area contributed by atoms with Crippen molar-refractivity contribution in [1.29, 1.82) is 0 Å². The van der Waals surface area contributed by atoms with Gasteiger partial charge in [-0.2, -0.15) is 11.3 Å². The fourth-order valence-corrected chi connectivity index (χ4v) is 4.22. The van der Waals surface area contributed by atoms with Crippen LogP contribution in [0.2, 0.25) is 0 Å². The predicted octanol–water partition coefficient (Wildman–Crippen LogP) is 5.29. The van der Waals surface area contributed by atoms with Gasteiger partial charge in [0, 0.05) is 29.2 Å². The lowest BCUT2D eigenvalue weighted by Gasteiger charge is -2.20. The van der Waals surface area contributed by atoms with E-state index in [0.717, 1.165) is 5.56 Å². The average Bonchev–Trinajstić information content (AvgIpc) is 3.31. The van der Waals surface area contributed by atoms with Crippen molar-refractivity contribution in [3.63, 3.8) is 0 Å². The number of amides is 1. The molecule has 0 fully saturated rings. The number of carbonyl (C=O) groups excluding carboxylic acids is 1. The lowest BCUT2D eigenvalue weighted by atomic mass is 9.97. The molecule has 10 heteroatoms. The van der Waals surface area contributed by atoms with Crippen LogP contribution in [0.5, 0.6) is 11.5 Å². The molecule has 3 aromatic rings. The van der Waals surface area contributed by atoms with Crippen molar-refractivity contribution in [3.8, 4) is 22.6 Å². The molecule has 0 saturated heterocycles. The van der Waals surface area contributed by atoms with Crippen LogP contribution in [-0.2, 0) is 16.1 Å². The van der Waals surface area contributed by atoms with Crippen molar-refractivity contribution < 1.29 is 27.9 Å². The number of halogens is 1. The van der Waals surface area contributed by atoms with Crippen LogP contribution >= 0.6 is 11.3 Å². The summed E-state index contributed by atoms with van der Waals surface area (Å²) in [5, 5.41) is 3.77. The van der Waals surface area contributed by atoms with Gasteiger partial charge >= 0.3 is 6.09 Å². The molecule has 1 atom stereocenters. The standard InChI is InChI=1S/C24H25FN2O5S2/c1-24(2,3)34(29)27-22(16-9-10-33-13-16)19-11-15(5-7-20(19)31-14-30-4)18-12-17(25)6-8-21(18)32-23(26)28/h5-13H,14H2,1-4H3,(H2,26,28). The summed E-state index contributed by atoms with van der Waals surface area (Å²) in [6, 6.07) is 10.7. The number of hydrogen-bond donors (Lipinski definition) is 1. The first-order valence-electron chi connectivity index (χ1n) is 10.2. The first-order chi connectivity index (χ1) is 16.1. The number of primary amides is 1. The zero-order chi connectivity index (χ0) is 24.9. The number of rotatable bonds is 8. The van der Waals surface area contributed by atoms with E-state index in [1.54, 1.807) is 18.2 Å². The molecule has 0 radical (unpaired) electrons. The second-order valence-electron chi connectivity index (χ2n) is 8.14. The van der Waals surface area contributed by atoms with E-state index in [4.69, 9.17) is 19.9 Å². The van der Waals surface area contributed by atoms with Crippen molar-refractivity contribution in [2.75, 3.05) is 13.9 Å². The normalized spacial score (nSPS) is 12.9. The van der Waals surface area contributed by atoms with Crippen molar-refractivity contribution in [2.45, 2.75) is 25.5 Å². The molecule has 0 saturated carbocycles. The number of hydrogen-bond acceptors (Lipinski definition) is 7. The van der Waals surface area contributed by atoms with E-state index in [1.165, 1.54) is 36.6 Å². The average molecular weight is 505 g/mol. The summed E-state index contributed by atoms with van der Waals surface area (Å²) in [7, 11) is 1.50. The monoisotopic (exact) mass is 504 g/mol. The van der Waals surface area contributed by atoms with Crippen LogP contribution in [0.3, 0.4) is 0 Å². The minimum absolute atomic E-state index is 0.0262. The molecule has 1 amide bonds. The van der Waals surface area contributed by atoms with E-state index in [-0.39, 0.29) is 12.5 Å². The minimum Gasteiger partial charge on any atom is -0.591 e. The highest BCUT2D eigenvalue weighted by Gasteiger charge is 2.29. The second kappa shape index (κ2) is 11.0. The van der Waals surface area contributed by atoms with Gasteiger partial charge in [0.05, 0.1) is 0 Å². The molecule has 1 heterocycles. The highest BCUT2D eigenvalue weighted by Crippen LogP contribution is 2.35. The van der Waals surface area contributed by atoms with E-state index >= 15 is 0 Å². The molecule has 3 rings (SSSR count). The quantitative estimate of drug-likeness (QED) is 0.255. The van der Waals surface area contributed by atoms with Gasteiger partial charge in [-0.25, -0.2) is 9.18 Å². The Morgan fingerprint density at radius 2 is 1.91 bits per heavy atom. The number of thiophene rings is 1. The number of nitrogens with two attached hydrogens (primary N) is 1. The van der Waals surface area contributed by atoms with Gasteiger partial charge in [0.15, 0.2) is 6.79 Å². The smallest absolute Gasteiger partial charge is 0.409 e. The first-order valence-corrected chi connectivity index (χ1v) is 12.2. The number of ether oxygens (including phenoxy) is 3. The molecule has 34 heavy (non-hydrogen) atoms. The lowest BCUT2D eigenvalue weighted by molar-refractivity contribution is 0.0510. The summed E-state index contributed by atoms with van der Waals surface area (Å²) < 4.78 is 47.0. The zero-order valence-electron chi connectivity index (χ0n) is 19.2. The van der Waals surface area contributed by atoms with Crippen LogP contribution in [0.4, 0.5) is 9.18 Å². The van der Waals surface area contributed by atoms with Crippen LogP contribution < -0.4 is 15.2 Å². The van der Waals surface area contributed by atoms with Gasteiger partial charge in [0.2, 0.25) is 0 Å². The largest absolute Gasteiger partial charge is 0.591 e. The molecule has 0 bridgehead atoms. The topological polar surface area (TPSA) is 106 Å². The van der Waals surface area contributed by atoms with Crippen LogP contribution in [0.25, 0.3) is 11.1 Å². The minimum atomic E-state index is -1.57. The maximum absolute atomic E-state index is 14.1. The summed E-state index contributed by atoms with van der Waals surface area (Å²) in [4.78, 5) is 11.4. The highest BCUT2D eigenvalue weighted by atomic mass is 32.2. The molecule has 0 aliphatic carbocycles. The Labute approximate surface area is 204 Å². The number of nitrogens with zero attached hydrogens (tertiary/aromatic N) is 1. The Morgan fingerprint density at radius 1 is 1.18 bits per heavy atom. The van der Waals surface area contributed by atoms with E-state index < -0.39 is 28.0 Å². The Morgan fingerprint density at radius 3 is 2.53 bits per heavy atom. The summed E-state index contributed by atoms with van der Waals surface area (Å²) in [6.45, 7) is 5.46. The van der Waals surface area contributed by atoms with Crippen molar-refractivity contribution >= 4 is 34.5 Å². The maximum atomic E-state index is 14.1. The fraction of sp³-hybridized carbons (Fsp3) is 0.250. The number of methoxy groups -OCH3 is 1. The van der Waals surface area contributed by atoms with Crippen LogP contribution in [0, 0.1) is 5.82 Å². The summed E-state index contributed by atoms with van der Waals surface area (Å²) >= 11 is -0.107. The van der Waals surface area contributed by atoms with Crippen LogP contribution in [0.1, 0.15) is 31.9 Å². The van der Waals surface area contributed by atoms with Crippen molar-refractivity contribution in [2.24, 2.45) is 10.1 Å². The summed E-state index contributed by atoms with van der Waals surface area (Å²) in [5.41, 5.74) is 7.71. The van der Waals surface area contributed by atoms with E-state index in [2.05, 4.69) is 4.40 Å². The third-order valence-corrected chi connectivity index (χ3v) is 6.60. The molecule has 0 spiro atoms. The summed E-state index contributed by atoms with van der Waals surface area (Å²) in [5.74, 6) is 0.00146. The fourth-order valence-electron chi connectivity index (χ4n) is 2.93. The molecule has 180 valence electrons. The second-order valence-corrected chi connectivity index (χ2v) is 10.8. The van der Waals surface area contributed by atoms with Gasteiger partial charge in [0.1, 0.15) is 39.1 Å². The van der Waals surface area contributed by atoms with E-state index in [0.29, 0.717) is 28.2 Å². The first kappa shape index (κ1) is 25.7. The SMILES string of the molecule is COCOc1ccc(-c2cc(F)ccc2OC(N)=O)cc1C(=N[S+]([O-])C(C)(C)C)c1ccsc1. The maximum Gasteiger partial charge on any atom is 0.409 e. The molecule has 2 N–H and O–H groups in total. The molecule has 0 aliphatic rings. The Hall–Kier alpha value is -2.92. The van der Waals surface area contributed by atoms with Gasteiger partial charge in [-0.1, -0.05) is 10.5 Å².